The lowest BCUT2D eigenvalue weighted by Gasteiger charge is -2.10. The van der Waals surface area contributed by atoms with Gasteiger partial charge in [-0.15, -0.1) is 0 Å². The number of furan rings is 1. The molecule has 30 heavy (non-hydrogen) atoms. The van der Waals surface area contributed by atoms with Crippen LogP contribution in [0.5, 0.6) is 11.5 Å². The van der Waals surface area contributed by atoms with E-state index in [9.17, 15) is 9.59 Å². The number of hydrogen-bond donors (Lipinski definition) is 1. The zero-order valence-corrected chi connectivity index (χ0v) is 17.1. The normalized spacial score (nSPS) is 15.9. The predicted octanol–water partition coefficient (Wildman–Crippen LogP) is 4.11. The standard InChI is InChI=1S/C23H23NO6/c1-13-16-11-14(24-23(26)20-5-4-10-29-20)6-8-19(16)30-22(13)21(25)17-12-15(27-2)7-9-18(17)28-3/h6-9,11-12,20H,4-5,10H2,1-3H3,(H,24,26). The maximum atomic E-state index is 13.2. The Hall–Kier alpha value is -3.32. The largest absolute Gasteiger partial charge is 0.497 e. The summed E-state index contributed by atoms with van der Waals surface area (Å²) < 4.78 is 21.9. The molecule has 0 spiro atoms. The molecule has 7 heteroatoms. The van der Waals surface area contributed by atoms with Gasteiger partial charge in [-0.1, -0.05) is 0 Å². The SMILES string of the molecule is COc1ccc(OC)c(C(=O)c2oc3ccc(NC(=O)C4CCCO4)cc3c2C)c1. The Balaban J connectivity index is 1.66. The topological polar surface area (TPSA) is 87.0 Å². The third-order valence-corrected chi connectivity index (χ3v) is 5.28. The maximum absolute atomic E-state index is 13.2. The molecule has 2 aromatic carbocycles. The van der Waals surface area contributed by atoms with Crippen LogP contribution in [0.1, 0.15) is 34.5 Å². The summed E-state index contributed by atoms with van der Waals surface area (Å²) in [6, 6.07) is 10.3. The highest BCUT2D eigenvalue weighted by Gasteiger charge is 2.25. The van der Waals surface area contributed by atoms with E-state index in [2.05, 4.69) is 5.32 Å². The second-order valence-electron chi connectivity index (χ2n) is 7.15. The van der Waals surface area contributed by atoms with Crippen molar-refractivity contribution in [3.05, 3.63) is 53.3 Å². The second-order valence-corrected chi connectivity index (χ2v) is 7.15. The maximum Gasteiger partial charge on any atom is 0.253 e. The van der Waals surface area contributed by atoms with Gasteiger partial charge < -0.3 is 23.9 Å². The molecule has 0 saturated carbocycles. The molecule has 156 valence electrons. The number of anilines is 1. The fraction of sp³-hybridized carbons (Fsp3) is 0.304. The summed E-state index contributed by atoms with van der Waals surface area (Å²) in [5.41, 5.74) is 2.23. The quantitative estimate of drug-likeness (QED) is 0.617. The molecule has 1 N–H and O–H groups in total. The smallest absolute Gasteiger partial charge is 0.253 e. The third-order valence-electron chi connectivity index (χ3n) is 5.28. The van der Waals surface area contributed by atoms with Crippen LogP contribution in [0.15, 0.2) is 40.8 Å². The third kappa shape index (κ3) is 3.64. The van der Waals surface area contributed by atoms with E-state index in [4.69, 9.17) is 18.6 Å². The Morgan fingerprint density at radius 2 is 1.93 bits per heavy atom. The Labute approximate surface area is 173 Å². The zero-order chi connectivity index (χ0) is 21.3. The summed E-state index contributed by atoms with van der Waals surface area (Å²) in [6.45, 7) is 2.43. The summed E-state index contributed by atoms with van der Waals surface area (Å²) in [5, 5.41) is 3.63. The summed E-state index contributed by atoms with van der Waals surface area (Å²) in [7, 11) is 3.04. The number of amides is 1. The molecule has 0 aliphatic carbocycles. The number of hydrogen-bond acceptors (Lipinski definition) is 6. The van der Waals surface area contributed by atoms with Crippen LogP contribution in [-0.4, -0.2) is 38.6 Å². The molecule has 1 fully saturated rings. The van der Waals surface area contributed by atoms with Crippen molar-refractivity contribution in [3.63, 3.8) is 0 Å². The highest BCUT2D eigenvalue weighted by atomic mass is 16.5. The van der Waals surface area contributed by atoms with E-state index in [1.54, 1.807) is 36.4 Å². The Morgan fingerprint density at radius 1 is 1.10 bits per heavy atom. The number of aryl methyl sites for hydroxylation is 1. The van der Waals surface area contributed by atoms with E-state index >= 15 is 0 Å². The van der Waals surface area contributed by atoms with Gasteiger partial charge in [0, 0.05) is 23.2 Å². The van der Waals surface area contributed by atoms with Gasteiger partial charge in [-0.3, -0.25) is 9.59 Å². The number of rotatable bonds is 6. The molecule has 4 rings (SSSR count). The summed E-state index contributed by atoms with van der Waals surface area (Å²) in [6.07, 6.45) is 1.19. The van der Waals surface area contributed by atoms with Crippen molar-refractivity contribution in [1.82, 2.24) is 0 Å². The lowest BCUT2D eigenvalue weighted by atomic mass is 10.0. The predicted molar refractivity (Wildman–Crippen MR) is 112 cm³/mol. The molecule has 1 amide bonds. The number of ether oxygens (including phenoxy) is 3. The molecule has 1 saturated heterocycles. The van der Waals surface area contributed by atoms with Crippen LogP contribution in [0.3, 0.4) is 0 Å². The fourth-order valence-electron chi connectivity index (χ4n) is 3.64. The van der Waals surface area contributed by atoms with Gasteiger partial charge in [0.2, 0.25) is 5.78 Å². The lowest BCUT2D eigenvalue weighted by molar-refractivity contribution is -0.124. The van der Waals surface area contributed by atoms with E-state index in [-0.39, 0.29) is 17.5 Å². The first-order valence-corrected chi connectivity index (χ1v) is 9.74. The number of fused-ring (bicyclic) bond motifs is 1. The minimum Gasteiger partial charge on any atom is -0.497 e. The fourth-order valence-corrected chi connectivity index (χ4v) is 3.64. The van der Waals surface area contributed by atoms with Crippen LogP contribution in [0, 0.1) is 6.92 Å². The first-order valence-electron chi connectivity index (χ1n) is 9.74. The summed E-state index contributed by atoms with van der Waals surface area (Å²) >= 11 is 0. The minimum atomic E-state index is -0.413. The van der Waals surface area contributed by atoms with Crippen LogP contribution in [-0.2, 0) is 9.53 Å². The van der Waals surface area contributed by atoms with Crippen molar-refractivity contribution < 1.29 is 28.2 Å². The molecular weight excluding hydrogens is 386 g/mol. The zero-order valence-electron chi connectivity index (χ0n) is 17.1. The molecule has 3 aromatic rings. The molecule has 2 heterocycles. The molecule has 0 radical (unpaired) electrons. The van der Waals surface area contributed by atoms with E-state index in [1.165, 1.54) is 14.2 Å². The van der Waals surface area contributed by atoms with Gasteiger partial charge in [-0.2, -0.15) is 0 Å². The first kappa shape index (κ1) is 20.0. The van der Waals surface area contributed by atoms with Gasteiger partial charge in [0.15, 0.2) is 5.76 Å². The number of nitrogens with one attached hydrogen (secondary N) is 1. The van der Waals surface area contributed by atoms with E-state index in [0.29, 0.717) is 40.5 Å². The van der Waals surface area contributed by atoms with E-state index in [1.807, 2.05) is 6.92 Å². The van der Waals surface area contributed by atoms with Crippen molar-refractivity contribution >= 4 is 28.3 Å². The number of benzene rings is 2. The summed E-state index contributed by atoms with van der Waals surface area (Å²) in [5.74, 6) is 0.742. The lowest BCUT2D eigenvalue weighted by Crippen LogP contribution is -2.26. The van der Waals surface area contributed by atoms with E-state index < -0.39 is 6.10 Å². The van der Waals surface area contributed by atoms with Crippen molar-refractivity contribution in [2.75, 3.05) is 26.1 Å². The molecule has 1 unspecified atom stereocenters. The molecule has 0 bridgehead atoms. The van der Waals surface area contributed by atoms with Crippen LogP contribution in [0.2, 0.25) is 0 Å². The van der Waals surface area contributed by atoms with Crippen LogP contribution in [0.4, 0.5) is 5.69 Å². The average Bonchev–Trinajstić information content (AvgIpc) is 3.41. The first-order chi connectivity index (χ1) is 14.5. The Kier molecular flexibility index (Phi) is 5.46. The Bertz CT molecular complexity index is 1110. The molecule has 1 aliphatic heterocycles. The molecular formula is C23H23NO6. The van der Waals surface area contributed by atoms with Gasteiger partial charge in [-0.05, 0) is 56.2 Å². The minimum absolute atomic E-state index is 0.162. The average molecular weight is 409 g/mol. The number of carbonyl (C=O) groups is 2. The molecule has 7 nitrogen and oxygen atoms in total. The van der Waals surface area contributed by atoms with Crippen molar-refractivity contribution in [2.24, 2.45) is 0 Å². The molecule has 1 aliphatic rings. The Morgan fingerprint density at radius 3 is 2.63 bits per heavy atom. The molecule has 1 aromatic heterocycles. The van der Waals surface area contributed by atoms with Gasteiger partial charge in [0.05, 0.1) is 19.8 Å². The van der Waals surface area contributed by atoms with Gasteiger partial charge in [0.25, 0.3) is 5.91 Å². The van der Waals surface area contributed by atoms with Crippen LogP contribution >= 0.6 is 0 Å². The highest BCUT2D eigenvalue weighted by Crippen LogP contribution is 2.33. The second kappa shape index (κ2) is 8.20. The number of ketones is 1. The van der Waals surface area contributed by atoms with Gasteiger partial charge in [-0.25, -0.2) is 0 Å². The van der Waals surface area contributed by atoms with Crippen LogP contribution in [0.25, 0.3) is 11.0 Å². The molecule has 1 atom stereocenters. The number of methoxy groups -OCH3 is 2. The summed E-state index contributed by atoms with van der Waals surface area (Å²) in [4.78, 5) is 25.5. The number of carbonyl (C=O) groups excluding carboxylic acids is 2. The van der Waals surface area contributed by atoms with Crippen molar-refractivity contribution in [1.29, 1.82) is 0 Å². The van der Waals surface area contributed by atoms with E-state index in [0.717, 1.165) is 18.2 Å². The van der Waals surface area contributed by atoms with Crippen molar-refractivity contribution in [3.8, 4) is 11.5 Å². The van der Waals surface area contributed by atoms with Gasteiger partial charge >= 0.3 is 0 Å². The highest BCUT2D eigenvalue weighted by molar-refractivity contribution is 6.12. The monoisotopic (exact) mass is 409 g/mol. The van der Waals surface area contributed by atoms with Crippen molar-refractivity contribution in [2.45, 2.75) is 25.9 Å². The van der Waals surface area contributed by atoms with Gasteiger partial charge in [0.1, 0.15) is 23.2 Å². The van der Waals surface area contributed by atoms with Crippen LogP contribution < -0.4 is 14.8 Å².